The third kappa shape index (κ3) is 6.54. The number of hydrogen-bond acceptors (Lipinski definition) is 5. The summed E-state index contributed by atoms with van der Waals surface area (Å²) in [7, 11) is 0. The largest absolute Gasteiger partial charge is 0.442 e. The van der Waals surface area contributed by atoms with Crippen LogP contribution in [0.15, 0.2) is 97.5 Å². The number of amides is 2. The van der Waals surface area contributed by atoms with Gasteiger partial charge in [-0.2, -0.15) is 0 Å². The predicted octanol–water partition coefficient (Wildman–Crippen LogP) is 5.10. The van der Waals surface area contributed by atoms with Crippen LogP contribution in [0.1, 0.15) is 40.2 Å². The summed E-state index contributed by atoms with van der Waals surface area (Å²) in [6.45, 7) is 2.54. The van der Waals surface area contributed by atoms with Crippen molar-refractivity contribution in [1.29, 1.82) is 0 Å². The number of alkyl carbamates (subject to hydrolysis) is 1. The molecule has 7 heteroatoms. The fourth-order valence-corrected chi connectivity index (χ4v) is 3.85. The molecule has 7 nitrogen and oxygen atoms in total. The van der Waals surface area contributed by atoms with E-state index in [9.17, 15) is 9.59 Å². The first kappa shape index (κ1) is 24.6. The lowest BCUT2D eigenvalue weighted by molar-refractivity contribution is 0.0949. The van der Waals surface area contributed by atoms with E-state index in [4.69, 9.17) is 4.74 Å². The minimum Gasteiger partial charge on any atom is -0.442 e. The van der Waals surface area contributed by atoms with E-state index in [1.165, 1.54) is 0 Å². The fraction of sp³-hybridized carbons (Fsp3) is 0.172. The van der Waals surface area contributed by atoms with Gasteiger partial charge >= 0.3 is 6.09 Å². The normalized spacial score (nSPS) is 11.4. The molecule has 0 bridgehead atoms. The Kier molecular flexibility index (Phi) is 8.38. The van der Waals surface area contributed by atoms with Gasteiger partial charge < -0.3 is 15.4 Å². The van der Waals surface area contributed by atoms with Gasteiger partial charge in [-0.15, -0.1) is 0 Å². The SMILES string of the molecule is C[C@H](OC(=O)NCc1ccccc1-c1cccnc1C(=O)NCCc1cccnc1)c1ccccc1. The highest BCUT2D eigenvalue weighted by molar-refractivity contribution is 5.99. The fourth-order valence-electron chi connectivity index (χ4n) is 3.85. The highest BCUT2D eigenvalue weighted by Gasteiger charge is 2.17. The van der Waals surface area contributed by atoms with Crippen molar-refractivity contribution in [2.24, 2.45) is 0 Å². The molecule has 2 heterocycles. The zero-order valence-electron chi connectivity index (χ0n) is 20.1. The molecule has 0 spiro atoms. The molecule has 4 aromatic rings. The van der Waals surface area contributed by atoms with Crippen molar-refractivity contribution in [3.63, 3.8) is 0 Å². The van der Waals surface area contributed by atoms with E-state index in [0.717, 1.165) is 22.3 Å². The second-order valence-corrected chi connectivity index (χ2v) is 8.24. The van der Waals surface area contributed by atoms with Gasteiger partial charge in [0.1, 0.15) is 11.8 Å². The van der Waals surface area contributed by atoms with Gasteiger partial charge in [0.05, 0.1) is 0 Å². The summed E-state index contributed by atoms with van der Waals surface area (Å²) in [6.07, 6.45) is 4.89. The summed E-state index contributed by atoms with van der Waals surface area (Å²) < 4.78 is 5.52. The molecule has 2 aromatic heterocycles. The van der Waals surface area contributed by atoms with Crippen molar-refractivity contribution in [2.75, 3.05) is 6.54 Å². The minimum absolute atomic E-state index is 0.244. The zero-order chi connectivity index (χ0) is 25.2. The van der Waals surface area contributed by atoms with Crippen molar-refractivity contribution >= 4 is 12.0 Å². The van der Waals surface area contributed by atoms with Crippen molar-refractivity contribution < 1.29 is 14.3 Å². The molecule has 0 unspecified atom stereocenters. The Labute approximate surface area is 210 Å². The molecule has 0 aliphatic heterocycles. The Morgan fingerprint density at radius 1 is 0.861 bits per heavy atom. The van der Waals surface area contributed by atoms with E-state index in [1.54, 1.807) is 24.7 Å². The number of benzene rings is 2. The van der Waals surface area contributed by atoms with Gasteiger partial charge in [-0.25, -0.2) is 4.79 Å². The van der Waals surface area contributed by atoms with Gasteiger partial charge in [-0.1, -0.05) is 66.7 Å². The van der Waals surface area contributed by atoms with Crippen LogP contribution in [0, 0.1) is 0 Å². The molecule has 0 radical (unpaired) electrons. The lowest BCUT2D eigenvalue weighted by Gasteiger charge is -2.16. The van der Waals surface area contributed by atoms with Crippen molar-refractivity contribution in [1.82, 2.24) is 20.6 Å². The van der Waals surface area contributed by atoms with E-state index >= 15 is 0 Å². The zero-order valence-corrected chi connectivity index (χ0v) is 20.1. The number of rotatable bonds is 9. The molecule has 182 valence electrons. The standard InChI is InChI=1S/C29H28N4O3/c1-21(23-10-3-2-4-11-23)36-29(35)33-20-24-12-5-6-13-25(24)26-14-8-17-31-27(26)28(34)32-18-15-22-9-7-16-30-19-22/h2-14,16-17,19,21H,15,18,20H2,1H3,(H,32,34)(H,33,35)/t21-/m0/s1. The molecule has 4 rings (SSSR count). The Morgan fingerprint density at radius 2 is 1.61 bits per heavy atom. The topological polar surface area (TPSA) is 93.2 Å². The Hall–Kier alpha value is -4.52. The summed E-state index contributed by atoms with van der Waals surface area (Å²) in [5.41, 5.74) is 4.65. The second-order valence-electron chi connectivity index (χ2n) is 8.24. The molecule has 0 aliphatic carbocycles. The summed E-state index contributed by atoms with van der Waals surface area (Å²) in [5, 5.41) is 5.77. The minimum atomic E-state index is -0.513. The average Bonchev–Trinajstić information content (AvgIpc) is 2.93. The quantitative estimate of drug-likeness (QED) is 0.348. The lowest BCUT2D eigenvalue weighted by atomic mass is 9.98. The molecule has 1 atom stereocenters. The highest BCUT2D eigenvalue weighted by Crippen LogP contribution is 2.26. The first-order chi connectivity index (χ1) is 17.6. The predicted molar refractivity (Wildman–Crippen MR) is 138 cm³/mol. The third-order valence-electron chi connectivity index (χ3n) is 5.73. The Morgan fingerprint density at radius 3 is 2.42 bits per heavy atom. The molecular weight excluding hydrogens is 452 g/mol. The van der Waals surface area contributed by atoms with Crippen molar-refractivity contribution in [3.05, 3.63) is 120 Å². The summed E-state index contributed by atoms with van der Waals surface area (Å²) in [5.74, 6) is -0.256. The average molecular weight is 481 g/mol. The van der Waals surface area contributed by atoms with Gasteiger partial charge in [0.2, 0.25) is 0 Å². The Bertz CT molecular complexity index is 1300. The number of nitrogens with zero attached hydrogens (tertiary/aromatic N) is 2. The number of carbonyl (C=O) groups is 2. The molecule has 2 N–H and O–H groups in total. The van der Waals surface area contributed by atoms with E-state index in [-0.39, 0.29) is 18.6 Å². The van der Waals surface area contributed by atoms with Crippen LogP contribution in [0.5, 0.6) is 0 Å². The number of pyridine rings is 2. The summed E-state index contributed by atoms with van der Waals surface area (Å²) >= 11 is 0. The van der Waals surface area contributed by atoms with Crippen LogP contribution in [0.25, 0.3) is 11.1 Å². The second kappa shape index (κ2) is 12.3. The van der Waals surface area contributed by atoms with E-state index < -0.39 is 6.09 Å². The number of carbonyl (C=O) groups excluding carboxylic acids is 2. The molecular formula is C29H28N4O3. The van der Waals surface area contributed by atoms with Crippen LogP contribution in [0.2, 0.25) is 0 Å². The van der Waals surface area contributed by atoms with Crippen molar-refractivity contribution in [2.45, 2.75) is 26.0 Å². The third-order valence-corrected chi connectivity index (χ3v) is 5.73. The molecule has 2 aromatic carbocycles. The smallest absolute Gasteiger partial charge is 0.408 e. The highest BCUT2D eigenvalue weighted by atomic mass is 16.6. The summed E-state index contributed by atoms with van der Waals surface area (Å²) in [6, 6.07) is 24.7. The molecule has 0 saturated carbocycles. The maximum atomic E-state index is 13.0. The number of nitrogens with one attached hydrogen (secondary N) is 2. The van der Waals surface area contributed by atoms with Crippen LogP contribution in [0.4, 0.5) is 4.79 Å². The summed E-state index contributed by atoms with van der Waals surface area (Å²) in [4.78, 5) is 33.9. The van der Waals surface area contributed by atoms with Crippen LogP contribution < -0.4 is 10.6 Å². The maximum absolute atomic E-state index is 13.0. The first-order valence-corrected chi connectivity index (χ1v) is 11.8. The molecule has 0 aliphatic rings. The molecule has 0 saturated heterocycles. The van der Waals surface area contributed by atoms with E-state index in [1.807, 2.05) is 79.7 Å². The van der Waals surface area contributed by atoms with Gasteiger partial charge in [-0.05, 0) is 47.7 Å². The van der Waals surface area contributed by atoms with Crippen LogP contribution in [-0.4, -0.2) is 28.5 Å². The number of ether oxygens (including phenoxy) is 1. The lowest BCUT2D eigenvalue weighted by Crippen LogP contribution is -2.27. The Balaban J connectivity index is 1.42. The number of aromatic nitrogens is 2. The molecule has 2 amide bonds. The monoisotopic (exact) mass is 480 g/mol. The van der Waals surface area contributed by atoms with E-state index in [2.05, 4.69) is 20.6 Å². The first-order valence-electron chi connectivity index (χ1n) is 11.8. The number of hydrogen-bond donors (Lipinski definition) is 2. The molecule has 36 heavy (non-hydrogen) atoms. The molecule has 0 fully saturated rings. The van der Waals surface area contributed by atoms with Gasteiger partial charge in [-0.3, -0.25) is 14.8 Å². The maximum Gasteiger partial charge on any atom is 0.408 e. The van der Waals surface area contributed by atoms with E-state index in [0.29, 0.717) is 24.2 Å². The van der Waals surface area contributed by atoms with Crippen molar-refractivity contribution in [3.8, 4) is 11.1 Å². The van der Waals surface area contributed by atoms with Crippen LogP contribution >= 0.6 is 0 Å². The van der Waals surface area contributed by atoms with Crippen LogP contribution in [-0.2, 0) is 17.7 Å². The van der Waals surface area contributed by atoms with Gasteiger partial charge in [0.25, 0.3) is 5.91 Å². The van der Waals surface area contributed by atoms with Crippen LogP contribution in [0.3, 0.4) is 0 Å². The van der Waals surface area contributed by atoms with Gasteiger partial charge in [0.15, 0.2) is 0 Å². The van der Waals surface area contributed by atoms with Gasteiger partial charge in [0, 0.05) is 37.2 Å².